The molecule has 0 aromatic heterocycles. The Bertz CT molecular complexity index is 350. The van der Waals surface area contributed by atoms with Crippen LogP contribution in [-0.4, -0.2) is 54.0 Å². The average molecular weight is 286 g/mol. The predicted molar refractivity (Wildman–Crippen MR) is 57.7 cm³/mol. The Morgan fingerprint density at radius 2 is 2.00 bits per heavy atom. The van der Waals surface area contributed by atoms with Crippen molar-refractivity contribution in [1.29, 1.82) is 0 Å². The van der Waals surface area contributed by atoms with Crippen LogP contribution in [0.25, 0.3) is 0 Å². The molecule has 0 spiro atoms. The van der Waals surface area contributed by atoms with Crippen LogP contribution < -0.4 is 0 Å². The summed E-state index contributed by atoms with van der Waals surface area (Å²) in [5, 5.41) is 0. The quantitative estimate of drug-likeness (QED) is 0.460. The highest BCUT2D eigenvalue weighted by molar-refractivity contribution is 7.51. The lowest BCUT2D eigenvalue weighted by Crippen LogP contribution is -2.23. The molecule has 1 aliphatic heterocycles. The molecule has 0 bridgehead atoms. The van der Waals surface area contributed by atoms with Gasteiger partial charge >= 0.3 is 15.4 Å². The van der Waals surface area contributed by atoms with Crippen molar-refractivity contribution in [3.63, 3.8) is 0 Å². The van der Waals surface area contributed by atoms with E-state index in [4.69, 9.17) is 31.8 Å². The van der Waals surface area contributed by atoms with E-state index in [2.05, 4.69) is 4.52 Å². The molecule has 0 aromatic carbocycles. The van der Waals surface area contributed by atoms with Gasteiger partial charge in [-0.3, -0.25) is 9.09 Å². The topological polar surface area (TPSA) is 123 Å². The van der Waals surface area contributed by atoms with E-state index in [1.165, 1.54) is 0 Å². The number of hydrogen-bond acceptors (Lipinski definition) is 5. The van der Waals surface area contributed by atoms with E-state index in [1.54, 1.807) is 0 Å². The monoisotopic (exact) mass is 286 g/mol. The molecule has 0 saturated carbocycles. The molecule has 1 heterocycles. The fourth-order valence-electron chi connectivity index (χ4n) is 1.40. The minimum atomic E-state index is -4.56. The van der Waals surface area contributed by atoms with Crippen molar-refractivity contribution < 1.29 is 37.6 Å². The maximum Gasteiger partial charge on any atom is 0.469 e. The van der Waals surface area contributed by atoms with Gasteiger partial charge in [-0.05, 0) is 0 Å². The van der Waals surface area contributed by atoms with Gasteiger partial charge in [0.15, 0.2) is 0 Å². The van der Waals surface area contributed by atoms with Gasteiger partial charge in [0, 0.05) is 19.1 Å². The highest BCUT2D eigenvalue weighted by Gasteiger charge is 2.36. The van der Waals surface area contributed by atoms with Gasteiger partial charge < -0.3 is 23.9 Å². The van der Waals surface area contributed by atoms with Crippen molar-refractivity contribution in [3.8, 4) is 0 Å². The fraction of sp³-hybridized carbons (Fsp3) is 1.00. The lowest BCUT2D eigenvalue weighted by Gasteiger charge is -2.16. The minimum absolute atomic E-state index is 0.125. The largest absolute Gasteiger partial charge is 0.469 e. The summed E-state index contributed by atoms with van der Waals surface area (Å²) in [5.74, 6) is 0. The Morgan fingerprint density at radius 1 is 1.41 bits per heavy atom. The molecule has 1 aliphatic rings. The number of phosphoric ester groups is 1. The van der Waals surface area contributed by atoms with Crippen molar-refractivity contribution in [1.82, 2.24) is 0 Å². The molecule has 1 saturated heterocycles. The number of ether oxygens (including phenoxy) is 1. The SMILES string of the molecule is [B][C@@H]1O[C@H](COP(=O)(O)O)C[C@H]1OP(C)(=O)O. The van der Waals surface area contributed by atoms with E-state index < -0.39 is 33.6 Å². The highest BCUT2D eigenvalue weighted by Crippen LogP contribution is 2.42. The van der Waals surface area contributed by atoms with Crippen molar-refractivity contribution in [2.75, 3.05) is 13.3 Å². The third-order valence-electron chi connectivity index (χ3n) is 1.97. The third-order valence-corrected chi connectivity index (χ3v) is 3.12. The molecule has 1 unspecified atom stereocenters. The van der Waals surface area contributed by atoms with Gasteiger partial charge in [-0.15, -0.1) is 0 Å². The highest BCUT2D eigenvalue weighted by atomic mass is 31.2. The van der Waals surface area contributed by atoms with Crippen LogP contribution in [0.4, 0.5) is 0 Å². The van der Waals surface area contributed by atoms with Crippen LogP contribution in [0.5, 0.6) is 0 Å². The minimum Gasteiger partial charge on any atom is -0.380 e. The molecule has 0 amide bonds. The van der Waals surface area contributed by atoms with Gasteiger partial charge in [0.2, 0.25) is 0 Å². The second-order valence-corrected chi connectivity index (χ2v) is 6.75. The predicted octanol–water partition coefficient (Wildman–Crippen LogP) is -0.420. The molecule has 98 valence electrons. The molecule has 8 nitrogen and oxygen atoms in total. The molecular formula is C6H13BO8P2. The first-order chi connectivity index (χ1) is 7.57. The van der Waals surface area contributed by atoms with Crippen molar-refractivity contribution in [3.05, 3.63) is 0 Å². The first kappa shape index (κ1) is 15.3. The summed E-state index contributed by atoms with van der Waals surface area (Å²) >= 11 is 0. The summed E-state index contributed by atoms with van der Waals surface area (Å²) in [4.78, 5) is 26.0. The van der Waals surface area contributed by atoms with E-state index in [-0.39, 0.29) is 13.0 Å². The fourth-order valence-corrected chi connectivity index (χ4v) is 2.47. The Kier molecular flexibility index (Phi) is 4.97. The second kappa shape index (κ2) is 5.51. The van der Waals surface area contributed by atoms with E-state index in [0.717, 1.165) is 6.66 Å². The summed E-state index contributed by atoms with van der Waals surface area (Å²) in [6, 6.07) is -0.930. The van der Waals surface area contributed by atoms with Gasteiger partial charge in [0.05, 0.1) is 18.8 Å². The zero-order chi connectivity index (χ0) is 13.3. The van der Waals surface area contributed by atoms with Gasteiger partial charge in [-0.2, -0.15) is 0 Å². The summed E-state index contributed by atoms with van der Waals surface area (Å²) in [6.07, 6.45) is -1.37. The lowest BCUT2D eigenvalue weighted by molar-refractivity contribution is 0.0309. The zero-order valence-corrected chi connectivity index (χ0v) is 10.8. The molecule has 0 aliphatic carbocycles. The Morgan fingerprint density at radius 3 is 2.47 bits per heavy atom. The zero-order valence-electron chi connectivity index (χ0n) is 9.00. The Hall–Kier alpha value is 0.285. The van der Waals surface area contributed by atoms with Gasteiger partial charge in [0.25, 0.3) is 0 Å². The van der Waals surface area contributed by atoms with Crippen molar-refractivity contribution in [2.24, 2.45) is 0 Å². The van der Waals surface area contributed by atoms with Gasteiger partial charge in [-0.25, -0.2) is 4.57 Å². The maximum absolute atomic E-state index is 11.0. The van der Waals surface area contributed by atoms with Crippen molar-refractivity contribution >= 4 is 23.3 Å². The second-order valence-electron chi connectivity index (χ2n) is 3.69. The molecule has 17 heavy (non-hydrogen) atoms. The summed E-state index contributed by atoms with van der Waals surface area (Å²) in [6.45, 7) is 0.649. The van der Waals surface area contributed by atoms with Crippen LogP contribution >= 0.6 is 15.4 Å². The van der Waals surface area contributed by atoms with Crippen LogP contribution in [0.3, 0.4) is 0 Å². The summed E-state index contributed by atoms with van der Waals surface area (Å²) in [5.41, 5.74) is 0. The third kappa shape index (κ3) is 6.13. The number of rotatable bonds is 5. The molecule has 0 aromatic rings. The Balaban J connectivity index is 2.44. The standard InChI is InChI=1S/C6H13BO8P2/c1-16(8,9)15-5-2-4(14-6(5)7)3-13-17(10,11)12/h4-6H,2-3H2,1H3,(H,8,9)(H2,10,11,12)/t4-,5+,6+/m0/s1. The molecule has 3 N–H and O–H groups in total. The van der Waals surface area contributed by atoms with Crippen LogP contribution in [0, 0.1) is 0 Å². The average Bonchev–Trinajstić information content (AvgIpc) is 2.40. The lowest BCUT2D eigenvalue weighted by atomic mass is 9.95. The van der Waals surface area contributed by atoms with Crippen LogP contribution in [0.2, 0.25) is 0 Å². The molecular weight excluding hydrogens is 273 g/mol. The summed E-state index contributed by atoms with van der Waals surface area (Å²) < 4.78 is 35.5. The van der Waals surface area contributed by atoms with Gasteiger partial charge in [-0.1, -0.05) is 0 Å². The van der Waals surface area contributed by atoms with E-state index in [9.17, 15) is 9.13 Å². The normalized spacial score (nSPS) is 33.5. The number of hydrogen-bond donors (Lipinski definition) is 3. The van der Waals surface area contributed by atoms with Crippen LogP contribution in [0.15, 0.2) is 0 Å². The maximum atomic E-state index is 11.0. The van der Waals surface area contributed by atoms with E-state index in [1.807, 2.05) is 0 Å². The van der Waals surface area contributed by atoms with Crippen LogP contribution in [-0.2, 0) is 22.9 Å². The Labute approximate surface area is 99.4 Å². The van der Waals surface area contributed by atoms with E-state index in [0.29, 0.717) is 0 Å². The van der Waals surface area contributed by atoms with Crippen molar-refractivity contribution in [2.45, 2.75) is 24.6 Å². The van der Waals surface area contributed by atoms with E-state index >= 15 is 0 Å². The molecule has 4 atom stereocenters. The summed E-state index contributed by atoms with van der Waals surface area (Å²) in [7, 11) is -2.76. The van der Waals surface area contributed by atoms with Gasteiger partial charge in [0.1, 0.15) is 7.85 Å². The molecule has 11 heteroatoms. The first-order valence-electron chi connectivity index (χ1n) is 4.66. The smallest absolute Gasteiger partial charge is 0.380 e. The first-order valence-corrected chi connectivity index (χ1v) is 8.22. The molecule has 1 fully saturated rings. The molecule has 2 radical (unpaired) electrons. The molecule has 1 rings (SSSR count). The number of phosphoric acid groups is 1. The van der Waals surface area contributed by atoms with Crippen LogP contribution in [0.1, 0.15) is 6.42 Å².